The summed E-state index contributed by atoms with van der Waals surface area (Å²) in [5, 5.41) is 13.2. The lowest BCUT2D eigenvalue weighted by atomic mass is 10.1. The number of benzene rings is 1. The Hall–Kier alpha value is -3.98. The van der Waals surface area contributed by atoms with Gasteiger partial charge in [-0.05, 0) is 43.2 Å². The summed E-state index contributed by atoms with van der Waals surface area (Å²) in [7, 11) is 3.76. The third-order valence-electron chi connectivity index (χ3n) is 5.22. The van der Waals surface area contributed by atoms with Gasteiger partial charge in [0.05, 0.1) is 17.8 Å². The quantitative estimate of drug-likeness (QED) is 0.501. The zero-order valence-electron chi connectivity index (χ0n) is 18.5. The molecule has 1 aromatic carbocycles. The average Bonchev–Trinajstić information content (AvgIpc) is 2.83. The van der Waals surface area contributed by atoms with E-state index in [0.29, 0.717) is 24.1 Å². The second kappa shape index (κ2) is 10.1. The van der Waals surface area contributed by atoms with Gasteiger partial charge >= 0.3 is 5.97 Å². The number of hydrogen-bond acceptors (Lipinski definition) is 8. The number of ether oxygens (including phenoxy) is 2. The lowest BCUT2D eigenvalue weighted by Gasteiger charge is -2.27. The molecule has 0 saturated carbocycles. The maximum Gasteiger partial charge on any atom is 0.354 e. The number of hydrogen-bond donors (Lipinski definition) is 2. The van der Waals surface area contributed by atoms with Gasteiger partial charge in [-0.2, -0.15) is 0 Å². The summed E-state index contributed by atoms with van der Waals surface area (Å²) >= 11 is 0. The molecule has 9 heteroatoms. The van der Waals surface area contributed by atoms with Crippen LogP contribution in [0.5, 0.6) is 11.5 Å². The van der Waals surface area contributed by atoms with Gasteiger partial charge in [0.2, 0.25) is 5.95 Å². The molecule has 0 amide bonds. The van der Waals surface area contributed by atoms with Gasteiger partial charge in [-0.3, -0.25) is 0 Å². The third kappa shape index (κ3) is 5.45. The number of aromatic nitrogens is 3. The molecule has 4 rings (SSSR count). The standard InChI is InChI=1S/C24H25N5O4/c1-29(11-12-32-2)22-6-4-3-5-20(22)28-24-26-15-16-13-17(7-8-19(16)27-24)33-18-9-10-25-21(14-18)23(30)31/h3,5,7-10,13-15H,4,6,11-12H2,1-2H3,(H,30,31)(H,26,27,28). The van der Waals surface area contributed by atoms with Gasteiger partial charge in [0.15, 0.2) is 5.69 Å². The molecule has 33 heavy (non-hydrogen) atoms. The predicted octanol–water partition coefficient (Wildman–Crippen LogP) is 4.07. The highest BCUT2D eigenvalue weighted by Gasteiger charge is 2.14. The fourth-order valence-electron chi connectivity index (χ4n) is 3.51. The van der Waals surface area contributed by atoms with Crippen molar-refractivity contribution in [2.75, 3.05) is 32.6 Å². The molecule has 0 atom stereocenters. The Balaban J connectivity index is 1.53. The van der Waals surface area contributed by atoms with Crippen LogP contribution in [0.15, 0.2) is 66.3 Å². The molecule has 3 aromatic rings. The van der Waals surface area contributed by atoms with Crippen LogP contribution >= 0.6 is 0 Å². The van der Waals surface area contributed by atoms with E-state index in [1.54, 1.807) is 25.4 Å². The van der Waals surface area contributed by atoms with Crippen LogP contribution in [0.25, 0.3) is 10.9 Å². The van der Waals surface area contributed by atoms with Crippen LogP contribution in [0.1, 0.15) is 23.3 Å². The molecule has 9 nitrogen and oxygen atoms in total. The Morgan fingerprint density at radius 1 is 1.21 bits per heavy atom. The van der Waals surface area contributed by atoms with Gasteiger partial charge in [0.1, 0.15) is 11.5 Å². The van der Waals surface area contributed by atoms with E-state index in [9.17, 15) is 4.79 Å². The number of pyridine rings is 1. The van der Waals surface area contributed by atoms with Crippen LogP contribution in [0, 0.1) is 0 Å². The van der Waals surface area contributed by atoms with E-state index in [2.05, 4.69) is 44.4 Å². The molecule has 1 aliphatic carbocycles. The monoisotopic (exact) mass is 447 g/mol. The van der Waals surface area contributed by atoms with Crippen molar-refractivity contribution in [1.82, 2.24) is 19.9 Å². The smallest absolute Gasteiger partial charge is 0.354 e. The number of methoxy groups -OCH3 is 1. The fraction of sp³-hybridized carbons (Fsp3) is 0.250. The van der Waals surface area contributed by atoms with Crippen molar-refractivity contribution in [2.24, 2.45) is 0 Å². The fourth-order valence-corrected chi connectivity index (χ4v) is 3.51. The van der Waals surface area contributed by atoms with Gasteiger partial charge in [0.25, 0.3) is 0 Å². The number of fused-ring (bicyclic) bond motifs is 1. The minimum Gasteiger partial charge on any atom is -0.477 e. The Kier molecular flexibility index (Phi) is 6.80. The first-order valence-corrected chi connectivity index (χ1v) is 10.5. The minimum absolute atomic E-state index is 0.0781. The largest absolute Gasteiger partial charge is 0.477 e. The Morgan fingerprint density at radius 2 is 2.06 bits per heavy atom. The van der Waals surface area contributed by atoms with Crippen LogP contribution in [0.4, 0.5) is 5.95 Å². The molecule has 0 bridgehead atoms. The first-order valence-electron chi connectivity index (χ1n) is 10.5. The minimum atomic E-state index is -1.11. The summed E-state index contributed by atoms with van der Waals surface area (Å²) in [6.45, 7) is 1.46. The van der Waals surface area contributed by atoms with Gasteiger partial charge in [0, 0.05) is 50.2 Å². The van der Waals surface area contributed by atoms with Crippen LogP contribution < -0.4 is 10.1 Å². The lowest BCUT2D eigenvalue weighted by molar-refractivity contribution is 0.0690. The zero-order valence-corrected chi connectivity index (χ0v) is 18.5. The van der Waals surface area contributed by atoms with E-state index in [-0.39, 0.29) is 5.69 Å². The van der Waals surface area contributed by atoms with Gasteiger partial charge in [-0.15, -0.1) is 0 Å². The number of nitrogens with one attached hydrogen (secondary N) is 1. The number of likely N-dealkylation sites (N-methyl/N-ethyl adjacent to an activating group) is 1. The molecule has 0 unspecified atom stereocenters. The molecular formula is C24H25N5O4. The molecule has 2 heterocycles. The second-order valence-electron chi connectivity index (χ2n) is 7.54. The summed E-state index contributed by atoms with van der Waals surface area (Å²) in [5.41, 5.74) is 2.85. The highest BCUT2D eigenvalue weighted by molar-refractivity contribution is 5.85. The summed E-state index contributed by atoms with van der Waals surface area (Å²) < 4.78 is 11.0. The number of rotatable bonds is 9. The van der Waals surface area contributed by atoms with Crippen molar-refractivity contribution in [3.8, 4) is 11.5 Å². The summed E-state index contributed by atoms with van der Waals surface area (Å²) in [4.78, 5) is 26.2. The topological polar surface area (TPSA) is 110 Å². The molecule has 2 N–H and O–H groups in total. The van der Waals surface area contributed by atoms with E-state index in [1.165, 1.54) is 18.0 Å². The van der Waals surface area contributed by atoms with Gasteiger partial charge < -0.3 is 24.8 Å². The SMILES string of the molecule is COCCN(C)C1=C(Nc2ncc3cc(Oc4ccnc(C(=O)O)c4)ccc3n2)C=CCC1. The molecule has 0 fully saturated rings. The maximum atomic E-state index is 11.1. The molecule has 2 aromatic heterocycles. The van der Waals surface area contributed by atoms with Crippen LogP contribution in [-0.4, -0.2) is 58.2 Å². The van der Waals surface area contributed by atoms with Crippen molar-refractivity contribution in [1.29, 1.82) is 0 Å². The number of anilines is 1. The first kappa shape index (κ1) is 22.2. The molecule has 170 valence electrons. The van der Waals surface area contributed by atoms with Gasteiger partial charge in [-0.1, -0.05) is 6.08 Å². The number of nitrogens with zero attached hydrogens (tertiary/aromatic N) is 4. The highest BCUT2D eigenvalue weighted by atomic mass is 16.5. The third-order valence-corrected chi connectivity index (χ3v) is 5.22. The van der Waals surface area contributed by atoms with Crippen molar-refractivity contribution < 1.29 is 19.4 Å². The normalized spacial score (nSPS) is 13.3. The Morgan fingerprint density at radius 3 is 2.88 bits per heavy atom. The number of allylic oxidation sites excluding steroid dienone is 3. The molecular weight excluding hydrogens is 422 g/mol. The molecule has 0 saturated heterocycles. The van der Waals surface area contributed by atoms with E-state index in [4.69, 9.17) is 14.6 Å². The molecule has 0 spiro atoms. The molecule has 0 aliphatic heterocycles. The number of carboxylic acid groups (broad SMARTS) is 1. The Labute approximate surface area is 191 Å². The predicted molar refractivity (Wildman–Crippen MR) is 124 cm³/mol. The average molecular weight is 447 g/mol. The van der Waals surface area contributed by atoms with Crippen LogP contribution in [0.2, 0.25) is 0 Å². The van der Waals surface area contributed by atoms with Crippen molar-refractivity contribution in [3.63, 3.8) is 0 Å². The van der Waals surface area contributed by atoms with Crippen LogP contribution in [0.3, 0.4) is 0 Å². The zero-order chi connectivity index (χ0) is 23.2. The van der Waals surface area contributed by atoms with Crippen molar-refractivity contribution >= 4 is 22.8 Å². The van der Waals surface area contributed by atoms with E-state index < -0.39 is 5.97 Å². The van der Waals surface area contributed by atoms with E-state index in [0.717, 1.165) is 36.0 Å². The summed E-state index contributed by atoms with van der Waals surface area (Å²) in [5.74, 6) is 0.343. The molecule has 0 radical (unpaired) electrons. The summed E-state index contributed by atoms with van der Waals surface area (Å²) in [6, 6.07) is 8.41. The first-order chi connectivity index (χ1) is 16.0. The maximum absolute atomic E-state index is 11.1. The number of carbonyl (C=O) groups is 1. The lowest BCUT2D eigenvalue weighted by Crippen LogP contribution is -2.26. The number of aromatic carboxylic acids is 1. The molecule has 1 aliphatic rings. The van der Waals surface area contributed by atoms with Crippen molar-refractivity contribution in [3.05, 3.63) is 72.0 Å². The van der Waals surface area contributed by atoms with E-state index in [1.807, 2.05) is 12.1 Å². The second-order valence-corrected chi connectivity index (χ2v) is 7.54. The number of carboxylic acids is 1. The Bertz CT molecular complexity index is 1220. The van der Waals surface area contributed by atoms with Crippen molar-refractivity contribution in [2.45, 2.75) is 12.8 Å². The van der Waals surface area contributed by atoms with Gasteiger partial charge in [-0.25, -0.2) is 19.7 Å². The van der Waals surface area contributed by atoms with Crippen LogP contribution in [-0.2, 0) is 4.74 Å². The summed E-state index contributed by atoms with van der Waals surface area (Å²) in [6.07, 6.45) is 9.25. The highest BCUT2D eigenvalue weighted by Crippen LogP contribution is 2.27. The van der Waals surface area contributed by atoms with E-state index >= 15 is 0 Å².